The Balaban J connectivity index is 1.93. The molecule has 6 heteroatoms. The van der Waals surface area contributed by atoms with Crippen LogP contribution in [0.15, 0.2) is 30.6 Å². The predicted molar refractivity (Wildman–Crippen MR) is 73.2 cm³/mol. The first-order valence-electron chi connectivity index (χ1n) is 6.02. The topological polar surface area (TPSA) is 73.0 Å². The van der Waals surface area contributed by atoms with E-state index in [4.69, 9.17) is 0 Å². The van der Waals surface area contributed by atoms with Crippen molar-refractivity contribution in [1.29, 1.82) is 0 Å². The van der Waals surface area contributed by atoms with Gasteiger partial charge >= 0.3 is 0 Å². The third-order valence-corrected chi connectivity index (χ3v) is 2.89. The molecular formula is C13H16N4O2. The predicted octanol–water partition coefficient (Wildman–Crippen LogP) is 2.29. The van der Waals surface area contributed by atoms with Gasteiger partial charge in [0.1, 0.15) is 0 Å². The lowest BCUT2D eigenvalue weighted by molar-refractivity contribution is -0.385. The molecule has 0 spiro atoms. The summed E-state index contributed by atoms with van der Waals surface area (Å²) < 4.78 is 1.77. The van der Waals surface area contributed by atoms with Gasteiger partial charge in [-0.25, -0.2) is 0 Å². The van der Waals surface area contributed by atoms with Crippen molar-refractivity contribution in [2.75, 3.05) is 11.9 Å². The van der Waals surface area contributed by atoms with E-state index in [-0.39, 0.29) is 10.6 Å². The highest BCUT2D eigenvalue weighted by atomic mass is 16.6. The molecule has 6 nitrogen and oxygen atoms in total. The lowest BCUT2D eigenvalue weighted by Gasteiger charge is -2.06. The van der Waals surface area contributed by atoms with Gasteiger partial charge in [-0.1, -0.05) is 0 Å². The van der Waals surface area contributed by atoms with Crippen molar-refractivity contribution in [3.63, 3.8) is 0 Å². The molecular weight excluding hydrogens is 244 g/mol. The number of nitro groups is 1. The molecule has 2 aromatic rings. The zero-order valence-electron chi connectivity index (χ0n) is 11.0. The van der Waals surface area contributed by atoms with Crippen LogP contribution in [0.4, 0.5) is 11.4 Å². The van der Waals surface area contributed by atoms with E-state index in [1.807, 2.05) is 19.4 Å². The summed E-state index contributed by atoms with van der Waals surface area (Å²) in [5.41, 5.74) is 2.87. The van der Waals surface area contributed by atoms with Gasteiger partial charge in [-0.15, -0.1) is 0 Å². The van der Waals surface area contributed by atoms with Crippen molar-refractivity contribution in [2.45, 2.75) is 13.3 Å². The summed E-state index contributed by atoms with van der Waals surface area (Å²) in [4.78, 5) is 10.3. The number of rotatable bonds is 5. The van der Waals surface area contributed by atoms with Gasteiger partial charge in [0, 0.05) is 37.1 Å². The van der Waals surface area contributed by atoms with Gasteiger partial charge < -0.3 is 5.32 Å². The van der Waals surface area contributed by atoms with Gasteiger partial charge in [-0.3, -0.25) is 14.8 Å². The smallest absolute Gasteiger partial charge is 0.272 e. The molecule has 1 N–H and O–H groups in total. The Morgan fingerprint density at radius 3 is 2.84 bits per heavy atom. The zero-order valence-corrected chi connectivity index (χ0v) is 11.0. The van der Waals surface area contributed by atoms with E-state index in [0.29, 0.717) is 5.56 Å². The molecule has 1 heterocycles. The summed E-state index contributed by atoms with van der Waals surface area (Å²) in [7, 11) is 1.89. The Kier molecular flexibility index (Phi) is 3.79. The van der Waals surface area contributed by atoms with Gasteiger partial charge in [0.05, 0.1) is 11.1 Å². The third-order valence-electron chi connectivity index (χ3n) is 2.89. The van der Waals surface area contributed by atoms with Crippen LogP contribution in [-0.4, -0.2) is 21.2 Å². The average Bonchev–Trinajstić information content (AvgIpc) is 2.75. The molecule has 0 saturated heterocycles. The second-order valence-electron chi connectivity index (χ2n) is 4.46. The Hall–Kier alpha value is -2.37. The summed E-state index contributed by atoms with van der Waals surface area (Å²) in [6.07, 6.45) is 4.68. The second kappa shape index (κ2) is 5.51. The number of nitrogens with zero attached hydrogens (tertiary/aromatic N) is 3. The first-order valence-corrected chi connectivity index (χ1v) is 6.02. The van der Waals surface area contributed by atoms with Gasteiger partial charge in [-0.2, -0.15) is 5.10 Å². The number of aryl methyl sites for hydroxylation is 2. The van der Waals surface area contributed by atoms with Crippen LogP contribution in [0.2, 0.25) is 0 Å². The number of anilines is 1. The number of nitro benzene ring substituents is 1. The van der Waals surface area contributed by atoms with E-state index >= 15 is 0 Å². The monoisotopic (exact) mass is 260 g/mol. The molecule has 0 amide bonds. The van der Waals surface area contributed by atoms with Gasteiger partial charge in [0.2, 0.25) is 0 Å². The van der Waals surface area contributed by atoms with Crippen LogP contribution in [0.5, 0.6) is 0 Å². The summed E-state index contributed by atoms with van der Waals surface area (Å²) in [5, 5.41) is 18.1. The van der Waals surface area contributed by atoms with Crippen LogP contribution in [-0.2, 0) is 13.5 Å². The van der Waals surface area contributed by atoms with Crippen LogP contribution in [0.1, 0.15) is 11.1 Å². The summed E-state index contributed by atoms with van der Waals surface area (Å²) in [6, 6.07) is 5.05. The Morgan fingerprint density at radius 1 is 1.47 bits per heavy atom. The van der Waals surface area contributed by atoms with E-state index in [0.717, 1.165) is 24.2 Å². The fraction of sp³-hybridized carbons (Fsp3) is 0.308. The fourth-order valence-electron chi connectivity index (χ4n) is 1.92. The molecule has 0 aliphatic carbocycles. The highest BCUT2D eigenvalue weighted by Gasteiger charge is 2.09. The molecule has 0 unspecified atom stereocenters. The standard InChI is InChI=1S/C13H16N4O2/c1-10-7-12(3-4-13(10)17(18)19)14-6-5-11-8-15-16(2)9-11/h3-4,7-9,14H,5-6H2,1-2H3. The number of benzene rings is 1. The highest BCUT2D eigenvalue weighted by Crippen LogP contribution is 2.21. The molecule has 0 aliphatic heterocycles. The molecule has 0 radical (unpaired) electrons. The summed E-state index contributed by atoms with van der Waals surface area (Å²) >= 11 is 0. The third kappa shape index (κ3) is 3.31. The van der Waals surface area contributed by atoms with Crippen LogP contribution in [0, 0.1) is 17.0 Å². The highest BCUT2D eigenvalue weighted by molar-refractivity contribution is 5.53. The largest absolute Gasteiger partial charge is 0.385 e. The quantitative estimate of drug-likeness (QED) is 0.661. The van der Waals surface area contributed by atoms with Gasteiger partial charge in [-0.05, 0) is 31.0 Å². The maximum atomic E-state index is 10.7. The maximum absolute atomic E-state index is 10.7. The molecule has 1 aromatic heterocycles. The van der Waals surface area contributed by atoms with Crippen molar-refractivity contribution in [1.82, 2.24) is 9.78 Å². The molecule has 100 valence electrons. The number of nitrogens with one attached hydrogen (secondary N) is 1. The Bertz CT molecular complexity index is 592. The molecule has 0 bridgehead atoms. The lowest BCUT2D eigenvalue weighted by atomic mass is 10.1. The average molecular weight is 260 g/mol. The van der Waals surface area contributed by atoms with Crippen molar-refractivity contribution >= 4 is 11.4 Å². The van der Waals surface area contributed by atoms with Crippen molar-refractivity contribution in [2.24, 2.45) is 7.05 Å². The number of hydrogen-bond acceptors (Lipinski definition) is 4. The molecule has 0 saturated carbocycles. The first kappa shape index (κ1) is 13.1. The van der Waals surface area contributed by atoms with Crippen LogP contribution in [0.25, 0.3) is 0 Å². The fourth-order valence-corrected chi connectivity index (χ4v) is 1.92. The number of aromatic nitrogens is 2. The SMILES string of the molecule is Cc1cc(NCCc2cnn(C)c2)ccc1[N+](=O)[O-]. The molecule has 0 aliphatic rings. The minimum absolute atomic E-state index is 0.151. The zero-order chi connectivity index (χ0) is 13.8. The van der Waals surface area contributed by atoms with Crippen LogP contribution in [0.3, 0.4) is 0 Å². The Morgan fingerprint density at radius 2 is 2.26 bits per heavy atom. The van der Waals surface area contributed by atoms with Gasteiger partial charge in [0.25, 0.3) is 5.69 Å². The first-order chi connectivity index (χ1) is 9.06. The molecule has 2 rings (SSSR count). The normalized spacial score (nSPS) is 10.4. The van der Waals surface area contributed by atoms with E-state index in [9.17, 15) is 10.1 Å². The van der Waals surface area contributed by atoms with Crippen LogP contribution < -0.4 is 5.32 Å². The van der Waals surface area contributed by atoms with Crippen molar-refractivity contribution in [3.8, 4) is 0 Å². The van der Waals surface area contributed by atoms with Crippen molar-refractivity contribution < 1.29 is 4.92 Å². The summed E-state index contributed by atoms with van der Waals surface area (Å²) in [6.45, 7) is 2.51. The molecule has 1 aromatic carbocycles. The summed E-state index contributed by atoms with van der Waals surface area (Å²) in [5.74, 6) is 0. The van der Waals surface area contributed by atoms with E-state index < -0.39 is 0 Å². The van der Waals surface area contributed by atoms with E-state index in [1.54, 1.807) is 23.7 Å². The van der Waals surface area contributed by atoms with Crippen molar-refractivity contribution in [3.05, 3.63) is 51.8 Å². The minimum Gasteiger partial charge on any atom is -0.385 e. The van der Waals surface area contributed by atoms with Crippen LogP contribution >= 0.6 is 0 Å². The maximum Gasteiger partial charge on any atom is 0.272 e. The number of hydrogen-bond donors (Lipinski definition) is 1. The molecule has 0 fully saturated rings. The van der Waals surface area contributed by atoms with E-state index in [2.05, 4.69) is 10.4 Å². The minimum atomic E-state index is -0.366. The molecule has 19 heavy (non-hydrogen) atoms. The lowest BCUT2D eigenvalue weighted by Crippen LogP contribution is -2.05. The molecule has 0 atom stereocenters. The Labute approximate surface area is 111 Å². The second-order valence-corrected chi connectivity index (χ2v) is 4.46. The van der Waals surface area contributed by atoms with E-state index in [1.165, 1.54) is 6.07 Å². The van der Waals surface area contributed by atoms with Gasteiger partial charge in [0.15, 0.2) is 0 Å².